The Morgan fingerprint density at radius 2 is 1.96 bits per heavy atom. The van der Waals surface area contributed by atoms with Crippen LogP contribution in [0.4, 0.5) is 5.69 Å². The SMILES string of the molecule is CCOC(=O)CN1C(=O)CCN(C(=O)C2CC2)CC(OC)c2ccccc21. The molecule has 7 nitrogen and oxygen atoms in total. The molecule has 1 aliphatic carbocycles. The minimum Gasteiger partial charge on any atom is -0.465 e. The predicted molar refractivity (Wildman–Crippen MR) is 99.1 cm³/mol. The summed E-state index contributed by atoms with van der Waals surface area (Å²) in [6, 6.07) is 7.36. The monoisotopic (exact) mass is 374 g/mol. The molecule has 1 heterocycles. The smallest absolute Gasteiger partial charge is 0.326 e. The zero-order chi connectivity index (χ0) is 19.4. The van der Waals surface area contributed by atoms with Crippen molar-refractivity contribution in [2.75, 3.05) is 38.3 Å². The number of anilines is 1. The van der Waals surface area contributed by atoms with Crippen molar-refractivity contribution in [2.45, 2.75) is 32.3 Å². The Bertz CT molecular complexity index is 716. The Balaban J connectivity index is 1.94. The van der Waals surface area contributed by atoms with Gasteiger partial charge in [0, 0.05) is 31.6 Å². The summed E-state index contributed by atoms with van der Waals surface area (Å²) >= 11 is 0. The van der Waals surface area contributed by atoms with Gasteiger partial charge in [0.1, 0.15) is 12.6 Å². The molecule has 0 N–H and O–H groups in total. The molecule has 7 heteroatoms. The van der Waals surface area contributed by atoms with E-state index >= 15 is 0 Å². The topological polar surface area (TPSA) is 76.2 Å². The lowest BCUT2D eigenvalue weighted by molar-refractivity contribution is -0.142. The van der Waals surface area contributed by atoms with E-state index < -0.39 is 5.97 Å². The molecule has 0 radical (unpaired) electrons. The molecule has 0 bridgehead atoms. The van der Waals surface area contributed by atoms with Crippen molar-refractivity contribution < 1.29 is 23.9 Å². The van der Waals surface area contributed by atoms with Crippen molar-refractivity contribution in [3.63, 3.8) is 0 Å². The molecule has 1 atom stereocenters. The van der Waals surface area contributed by atoms with Gasteiger partial charge >= 0.3 is 5.97 Å². The maximum atomic E-state index is 12.9. The Kier molecular flexibility index (Phi) is 6.11. The molecular formula is C20H26N2O5. The standard InChI is InChI=1S/C20H26N2O5/c1-3-27-19(24)13-22-16-7-5-4-6-15(16)17(26-2)12-21(11-10-18(22)23)20(25)14-8-9-14/h4-7,14,17H,3,8-13H2,1-2H3. The first-order valence-electron chi connectivity index (χ1n) is 9.41. The zero-order valence-electron chi connectivity index (χ0n) is 15.8. The van der Waals surface area contributed by atoms with E-state index in [0.29, 0.717) is 18.8 Å². The number of hydrogen-bond donors (Lipinski definition) is 0. The van der Waals surface area contributed by atoms with Gasteiger partial charge in [-0.1, -0.05) is 18.2 Å². The highest BCUT2D eigenvalue weighted by Crippen LogP contribution is 2.34. The molecule has 0 aromatic heterocycles. The van der Waals surface area contributed by atoms with E-state index in [2.05, 4.69) is 0 Å². The van der Waals surface area contributed by atoms with Crippen molar-refractivity contribution >= 4 is 23.5 Å². The predicted octanol–water partition coefficient (Wildman–Crippen LogP) is 1.91. The van der Waals surface area contributed by atoms with Crippen LogP contribution in [0.25, 0.3) is 0 Å². The minimum absolute atomic E-state index is 0.0734. The van der Waals surface area contributed by atoms with E-state index in [1.54, 1.807) is 25.0 Å². The molecule has 2 aliphatic rings. The number of carbonyl (C=O) groups excluding carboxylic acids is 3. The van der Waals surface area contributed by atoms with Crippen LogP contribution in [0.1, 0.15) is 37.9 Å². The number of ether oxygens (including phenoxy) is 2. The van der Waals surface area contributed by atoms with Gasteiger partial charge in [-0.05, 0) is 25.8 Å². The van der Waals surface area contributed by atoms with E-state index in [1.165, 1.54) is 4.90 Å². The van der Waals surface area contributed by atoms with Crippen molar-refractivity contribution in [3.8, 4) is 0 Å². The first-order valence-corrected chi connectivity index (χ1v) is 9.41. The molecule has 3 rings (SSSR count). The van der Waals surface area contributed by atoms with E-state index in [9.17, 15) is 14.4 Å². The molecular weight excluding hydrogens is 348 g/mol. The summed E-state index contributed by atoms with van der Waals surface area (Å²) in [5.41, 5.74) is 1.41. The third-order valence-corrected chi connectivity index (χ3v) is 4.97. The van der Waals surface area contributed by atoms with Gasteiger partial charge in [0.15, 0.2) is 0 Å². The lowest BCUT2D eigenvalue weighted by atomic mass is 10.1. The third kappa shape index (κ3) is 4.47. The second kappa shape index (κ2) is 8.52. The van der Waals surface area contributed by atoms with Crippen LogP contribution in [0.5, 0.6) is 0 Å². The Morgan fingerprint density at radius 1 is 1.22 bits per heavy atom. The number of fused-ring (bicyclic) bond motifs is 1. The van der Waals surface area contributed by atoms with E-state index in [4.69, 9.17) is 9.47 Å². The molecule has 1 unspecified atom stereocenters. The molecule has 146 valence electrons. The Hall–Kier alpha value is -2.41. The molecule has 1 saturated carbocycles. The highest BCUT2D eigenvalue weighted by molar-refractivity contribution is 5.99. The highest BCUT2D eigenvalue weighted by Gasteiger charge is 2.36. The Labute approximate surface area is 159 Å². The molecule has 0 spiro atoms. The van der Waals surface area contributed by atoms with E-state index in [1.807, 2.05) is 18.2 Å². The fourth-order valence-corrected chi connectivity index (χ4v) is 3.39. The number of nitrogens with zero attached hydrogens (tertiary/aromatic N) is 2. The second-order valence-electron chi connectivity index (χ2n) is 6.88. The number of carbonyl (C=O) groups is 3. The molecule has 1 aromatic rings. The van der Waals surface area contributed by atoms with Gasteiger partial charge in [-0.15, -0.1) is 0 Å². The van der Waals surface area contributed by atoms with Gasteiger partial charge in [-0.2, -0.15) is 0 Å². The summed E-state index contributed by atoms with van der Waals surface area (Å²) < 4.78 is 10.7. The summed E-state index contributed by atoms with van der Waals surface area (Å²) in [7, 11) is 1.59. The maximum Gasteiger partial charge on any atom is 0.326 e. The van der Waals surface area contributed by atoms with Crippen LogP contribution in [-0.2, 0) is 23.9 Å². The molecule has 1 aliphatic heterocycles. The van der Waals surface area contributed by atoms with Crippen molar-refractivity contribution in [1.29, 1.82) is 0 Å². The van der Waals surface area contributed by atoms with Gasteiger partial charge in [0.2, 0.25) is 11.8 Å². The maximum absolute atomic E-state index is 12.9. The van der Waals surface area contributed by atoms with Gasteiger partial charge < -0.3 is 19.3 Å². The number of esters is 1. The number of amides is 2. The summed E-state index contributed by atoms with van der Waals surface area (Å²) in [5.74, 6) is -0.508. The first kappa shape index (κ1) is 19.4. The largest absolute Gasteiger partial charge is 0.465 e. The van der Waals surface area contributed by atoms with Crippen molar-refractivity contribution in [3.05, 3.63) is 29.8 Å². The summed E-state index contributed by atoms with van der Waals surface area (Å²) in [5, 5.41) is 0. The van der Waals surface area contributed by atoms with Crippen LogP contribution >= 0.6 is 0 Å². The van der Waals surface area contributed by atoms with Crippen LogP contribution in [0.15, 0.2) is 24.3 Å². The van der Waals surface area contributed by atoms with Crippen LogP contribution in [0.2, 0.25) is 0 Å². The lowest BCUT2D eigenvalue weighted by Gasteiger charge is -2.27. The van der Waals surface area contributed by atoms with E-state index in [-0.39, 0.29) is 43.4 Å². The van der Waals surface area contributed by atoms with Crippen LogP contribution < -0.4 is 4.90 Å². The molecule has 0 saturated heterocycles. The average Bonchev–Trinajstić information content (AvgIpc) is 3.50. The molecule has 1 aromatic carbocycles. The fourth-order valence-electron chi connectivity index (χ4n) is 3.39. The third-order valence-electron chi connectivity index (χ3n) is 4.97. The normalized spacial score (nSPS) is 20.4. The average molecular weight is 374 g/mol. The molecule has 2 amide bonds. The quantitative estimate of drug-likeness (QED) is 0.736. The number of hydrogen-bond acceptors (Lipinski definition) is 5. The van der Waals surface area contributed by atoms with Crippen LogP contribution in [0, 0.1) is 5.92 Å². The second-order valence-corrected chi connectivity index (χ2v) is 6.88. The number of rotatable bonds is 5. The highest BCUT2D eigenvalue weighted by atomic mass is 16.5. The Morgan fingerprint density at radius 3 is 2.63 bits per heavy atom. The lowest BCUT2D eigenvalue weighted by Crippen LogP contribution is -2.39. The molecule has 27 heavy (non-hydrogen) atoms. The van der Waals surface area contributed by atoms with Crippen molar-refractivity contribution in [2.24, 2.45) is 5.92 Å². The van der Waals surface area contributed by atoms with Gasteiger partial charge in [-0.3, -0.25) is 14.4 Å². The summed E-state index contributed by atoms with van der Waals surface area (Å²) in [6.07, 6.45) is 1.60. The first-order chi connectivity index (χ1) is 13.0. The van der Waals surface area contributed by atoms with E-state index in [0.717, 1.165) is 18.4 Å². The number of para-hydroxylation sites is 1. The van der Waals surface area contributed by atoms with Crippen LogP contribution in [0.3, 0.4) is 0 Å². The fraction of sp³-hybridized carbons (Fsp3) is 0.550. The van der Waals surface area contributed by atoms with Gasteiger partial charge in [0.05, 0.1) is 18.8 Å². The zero-order valence-corrected chi connectivity index (χ0v) is 15.8. The number of benzene rings is 1. The number of methoxy groups -OCH3 is 1. The minimum atomic E-state index is -0.459. The van der Waals surface area contributed by atoms with Crippen LogP contribution in [-0.4, -0.2) is 56.0 Å². The molecule has 1 fully saturated rings. The van der Waals surface area contributed by atoms with Gasteiger partial charge in [0.25, 0.3) is 0 Å². The van der Waals surface area contributed by atoms with Gasteiger partial charge in [-0.25, -0.2) is 0 Å². The summed E-state index contributed by atoms with van der Waals surface area (Å²) in [6.45, 7) is 2.54. The van der Waals surface area contributed by atoms with Crippen molar-refractivity contribution in [1.82, 2.24) is 4.90 Å². The summed E-state index contributed by atoms with van der Waals surface area (Å²) in [4.78, 5) is 40.8.